The Morgan fingerprint density at radius 2 is 2.06 bits per heavy atom. The molecule has 4 aliphatic rings. The molecule has 0 amide bonds. The van der Waals surface area contributed by atoms with Crippen LogP contribution in [0.1, 0.15) is 49.7 Å². The number of aliphatic imine (C=N–C) groups is 1. The number of aromatic hydroxyl groups is 1. The summed E-state index contributed by atoms with van der Waals surface area (Å²) in [7, 11) is 1.50. The highest BCUT2D eigenvalue weighted by atomic mass is 16.3. The molecule has 1 aliphatic heterocycles. The van der Waals surface area contributed by atoms with E-state index in [9.17, 15) is 10.2 Å². The number of benzene rings is 1. The van der Waals surface area contributed by atoms with Crippen LogP contribution in [0.25, 0.3) is 0 Å². The normalized spacial score (nSPS) is 34.5. The number of phenols is 1. The summed E-state index contributed by atoms with van der Waals surface area (Å²) in [6, 6.07) is 6.31. The lowest BCUT2D eigenvalue weighted by Crippen LogP contribution is -2.74. The van der Waals surface area contributed by atoms with Crippen LogP contribution in [-0.2, 0) is 11.8 Å². The molecule has 4 unspecified atom stereocenters. The van der Waals surface area contributed by atoms with Crippen molar-refractivity contribution in [2.45, 2.75) is 68.0 Å². The molecule has 172 valence electrons. The molecule has 3 fully saturated rings. The lowest BCUT2D eigenvalue weighted by atomic mass is 9.49. The van der Waals surface area contributed by atoms with Crippen LogP contribution in [-0.4, -0.2) is 72.4 Å². The molecule has 3 aliphatic carbocycles. The summed E-state index contributed by atoms with van der Waals surface area (Å²) in [4.78, 5) is 6.68. The van der Waals surface area contributed by atoms with Crippen LogP contribution < -0.4 is 16.8 Å². The lowest BCUT2D eigenvalue weighted by Gasteiger charge is -2.65. The van der Waals surface area contributed by atoms with Gasteiger partial charge in [-0.2, -0.15) is 0 Å². The van der Waals surface area contributed by atoms with E-state index in [-0.39, 0.29) is 11.5 Å². The summed E-state index contributed by atoms with van der Waals surface area (Å²) in [5, 5.41) is 26.2. The van der Waals surface area contributed by atoms with Gasteiger partial charge in [-0.3, -0.25) is 9.89 Å². The molecule has 0 aromatic heterocycles. The van der Waals surface area contributed by atoms with E-state index in [0.717, 1.165) is 57.7 Å². The minimum Gasteiger partial charge on any atom is -0.508 e. The third-order valence-corrected chi connectivity index (χ3v) is 8.11. The van der Waals surface area contributed by atoms with E-state index in [1.165, 1.54) is 37.4 Å². The Kier molecular flexibility index (Phi) is 6.58. The highest BCUT2D eigenvalue weighted by molar-refractivity contribution is 5.51. The Labute approximate surface area is 185 Å². The number of hydrogen-bond acceptors (Lipinski definition) is 6. The zero-order chi connectivity index (χ0) is 22.1. The number of likely N-dealkylation sites (tertiary alicyclic amines) is 1. The van der Waals surface area contributed by atoms with Gasteiger partial charge in [-0.1, -0.05) is 6.07 Å². The zero-order valence-electron chi connectivity index (χ0n) is 18.8. The topological polar surface area (TPSA) is 120 Å². The van der Waals surface area contributed by atoms with Gasteiger partial charge in [-0.25, -0.2) is 0 Å². The molecule has 7 heteroatoms. The van der Waals surface area contributed by atoms with Gasteiger partial charge in [-0.05, 0) is 87.7 Å². The lowest BCUT2D eigenvalue weighted by molar-refractivity contribution is -0.171. The van der Waals surface area contributed by atoms with Crippen LogP contribution >= 0.6 is 0 Å². The smallest absolute Gasteiger partial charge is 0.115 e. The summed E-state index contributed by atoms with van der Waals surface area (Å²) in [5.74, 6) is 1.14. The molecule has 4 atom stereocenters. The van der Waals surface area contributed by atoms with E-state index in [0.29, 0.717) is 18.3 Å². The molecular weight excluding hydrogens is 390 g/mol. The minimum atomic E-state index is -0.756. The van der Waals surface area contributed by atoms with Crippen LogP contribution in [0.2, 0.25) is 0 Å². The largest absolute Gasteiger partial charge is 0.508 e. The summed E-state index contributed by atoms with van der Waals surface area (Å²) >= 11 is 0. The van der Waals surface area contributed by atoms with Crippen molar-refractivity contribution in [3.63, 3.8) is 0 Å². The first kappa shape index (κ1) is 22.5. The maximum absolute atomic E-state index is 12.4. The SMILES string of the molecule is CN.NC=NCCNC1CCC23CCN(CC4CC4)C(Cc4ccc(O)cc42)C3(O)C1. The van der Waals surface area contributed by atoms with Gasteiger partial charge in [0.1, 0.15) is 5.75 Å². The second-order valence-electron chi connectivity index (χ2n) is 9.71. The van der Waals surface area contributed by atoms with Crippen molar-refractivity contribution in [3.8, 4) is 5.75 Å². The van der Waals surface area contributed by atoms with Gasteiger partial charge in [0.2, 0.25) is 0 Å². The van der Waals surface area contributed by atoms with Crippen LogP contribution in [0, 0.1) is 5.92 Å². The van der Waals surface area contributed by atoms with Crippen LogP contribution in [0.15, 0.2) is 23.2 Å². The Hall–Kier alpha value is -1.67. The number of fused-ring (bicyclic) bond motifs is 1. The first-order valence-corrected chi connectivity index (χ1v) is 11.9. The number of piperidine rings is 1. The standard InChI is InChI=1S/C23H34N4O2.CH5N/c24-15-25-8-9-26-18-5-6-22-7-10-27(14-16-1-2-16)21(23(22,29)13-18)11-17-3-4-19(28)12-20(17)22;1-2/h3-4,12,15-16,18,21,26,28-29H,1-2,5-11,13-14H2,(H2,24,25);2H2,1H3. The number of hydrogen-bond donors (Lipinski definition) is 5. The predicted octanol–water partition coefficient (Wildman–Crippen LogP) is 1.11. The Balaban J connectivity index is 0.00000112. The molecule has 7 nitrogen and oxygen atoms in total. The summed E-state index contributed by atoms with van der Waals surface area (Å²) in [6.07, 6.45) is 8.66. The average Bonchev–Trinajstić information content (AvgIpc) is 3.59. The summed E-state index contributed by atoms with van der Waals surface area (Å²) < 4.78 is 0. The quantitative estimate of drug-likeness (QED) is 0.262. The number of nitrogens with one attached hydrogen (secondary N) is 1. The molecule has 1 aromatic carbocycles. The van der Waals surface area contributed by atoms with Gasteiger partial charge in [0.05, 0.1) is 18.5 Å². The van der Waals surface area contributed by atoms with Crippen molar-refractivity contribution < 1.29 is 10.2 Å². The van der Waals surface area contributed by atoms with Gasteiger partial charge >= 0.3 is 0 Å². The van der Waals surface area contributed by atoms with Gasteiger partial charge < -0.3 is 27.0 Å². The summed E-state index contributed by atoms with van der Waals surface area (Å²) in [5.41, 5.74) is 11.4. The molecule has 5 rings (SSSR count). The molecular formula is C24H39N5O2. The minimum absolute atomic E-state index is 0.167. The van der Waals surface area contributed by atoms with Crippen LogP contribution in [0.5, 0.6) is 5.75 Å². The molecule has 31 heavy (non-hydrogen) atoms. The highest BCUT2D eigenvalue weighted by Crippen LogP contribution is 2.58. The monoisotopic (exact) mass is 429 g/mol. The second kappa shape index (κ2) is 9.06. The van der Waals surface area contributed by atoms with Crippen molar-refractivity contribution in [1.29, 1.82) is 0 Å². The zero-order valence-corrected chi connectivity index (χ0v) is 18.8. The van der Waals surface area contributed by atoms with Gasteiger partial charge in [0.25, 0.3) is 0 Å². The fourth-order valence-corrected chi connectivity index (χ4v) is 6.53. The fraction of sp³-hybridized carbons (Fsp3) is 0.708. The second-order valence-corrected chi connectivity index (χ2v) is 9.71. The van der Waals surface area contributed by atoms with E-state index in [4.69, 9.17) is 5.73 Å². The molecule has 1 heterocycles. The highest BCUT2D eigenvalue weighted by Gasteiger charge is 2.64. The molecule has 7 N–H and O–H groups in total. The van der Waals surface area contributed by atoms with Gasteiger partial charge in [0, 0.05) is 30.6 Å². The third-order valence-electron chi connectivity index (χ3n) is 8.11. The van der Waals surface area contributed by atoms with E-state index < -0.39 is 5.60 Å². The number of aliphatic hydroxyl groups is 1. The first-order valence-electron chi connectivity index (χ1n) is 11.9. The van der Waals surface area contributed by atoms with Crippen molar-refractivity contribution in [2.75, 3.05) is 33.2 Å². The molecule has 0 radical (unpaired) electrons. The maximum atomic E-state index is 12.4. The Morgan fingerprint density at radius 3 is 2.81 bits per heavy atom. The van der Waals surface area contributed by atoms with Crippen molar-refractivity contribution in [1.82, 2.24) is 10.2 Å². The molecule has 2 bridgehead atoms. The molecule has 1 aromatic rings. The van der Waals surface area contributed by atoms with E-state index in [1.54, 1.807) is 0 Å². The molecule has 2 saturated carbocycles. The Bertz CT molecular complexity index is 798. The third kappa shape index (κ3) is 3.97. The maximum Gasteiger partial charge on any atom is 0.115 e. The molecule has 1 saturated heterocycles. The first-order chi connectivity index (χ1) is 15.1. The van der Waals surface area contributed by atoms with E-state index in [2.05, 4.69) is 27.0 Å². The van der Waals surface area contributed by atoms with Gasteiger partial charge in [-0.15, -0.1) is 0 Å². The van der Waals surface area contributed by atoms with Crippen LogP contribution in [0.3, 0.4) is 0 Å². The number of nitrogens with zero attached hydrogens (tertiary/aromatic N) is 2. The van der Waals surface area contributed by atoms with Gasteiger partial charge in [0.15, 0.2) is 0 Å². The Morgan fingerprint density at radius 1 is 1.26 bits per heavy atom. The van der Waals surface area contributed by atoms with E-state index >= 15 is 0 Å². The van der Waals surface area contributed by atoms with Crippen molar-refractivity contribution in [3.05, 3.63) is 29.3 Å². The summed E-state index contributed by atoms with van der Waals surface area (Å²) in [6.45, 7) is 3.64. The number of phenolic OH excluding ortho intramolecular Hbond substituents is 1. The predicted molar refractivity (Wildman–Crippen MR) is 124 cm³/mol. The molecule has 0 spiro atoms. The fourth-order valence-electron chi connectivity index (χ4n) is 6.53. The average molecular weight is 430 g/mol. The number of rotatable bonds is 6. The van der Waals surface area contributed by atoms with E-state index in [1.807, 2.05) is 12.1 Å². The van der Waals surface area contributed by atoms with Crippen LogP contribution in [0.4, 0.5) is 0 Å². The number of nitrogens with two attached hydrogens (primary N) is 2. The van der Waals surface area contributed by atoms with Crippen molar-refractivity contribution in [2.24, 2.45) is 22.4 Å². The van der Waals surface area contributed by atoms with Crippen molar-refractivity contribution >= 4 is 6.34 Å².